The minimum absolute atomic E-state index is 0.0538. The van der Waals surface area contributed by atoms with Crippen molar-refractivity contribution < 1.29 is 19.5 Å². The lowest BCUT2D eigenvalue weighted by atomic mass is 9.96. The van der Waals surface area contributed by atoms with Gasteiger partial charge in [-0.25, -0.2) is 4.98 Å². The zero-order valence-electron chi connectivity index (χ0n) is 15.2. The Kier molecular flexibility index (Phi) is 6.15. The van der Waals surface area contributed by atoms with E-state index in [1.165, 1.54) is 0 Å². The van der Waals surface area contributed by atoms with Crippen LogP contribution in [0.5, 0.6) is 0 Å². The molecule has 9 heteroatoms. The molecule has 0 spiro atoms. The highest BCUT2D eigenvalue weighted by molar-refractivity contribution is 5.97. The van der Waals surface area contributed by atoms with Gasteiger partial charge in [-0.2, -0.15) is 0 Å². The normalized spacial score (nSPS) is 14.4. The van der Waals surface area contributed by atoms with Crippen LogP contribution in [0.25, 0.3) is 0 Å². The van der Waals surface area contributed by atoms with Crippen molar-refractivity contribution >= 4 is 29.3 Å². The first-order chi connectivity index (χ1) is 13.5. The largest absolute Gasteiger partial charge is 0.480 e. The summed E-state index contributed by atoms with van der Waals surface area (Å²) in [6.45, 7) is 1.03. The van der Waals surface area contributed by atoms with Gasteiger partial charge in [-0.15, -0.1) is 0 Å². The van der Waals surface area contributed by atoms with Crippen LogP contribution >= 0.6 is 0 Å². The number of nitrogens with zero attached hydrogens (tertiary/aromatic N) is 3. The molecule has 1 fully saturated rings. The van der Waals surface area contributed by atoms with Crippen molar-refractivity contribution in [3.8, 4) is 0 Å². The Bertz CT molecular complexity index is 833. The number of aromatic nitrogens is 2. The van der Waals surface area contributed by atoms with Gasteiger partial charge < -0.3 is 20.6 Å². The molecule has 1 aliphatic heterocycles. The molecule has 1 aromatic carbocycles. The van der Waals surface area contributed by atoms with Crippen molar-refractivity contribution in [2.45, 2.75) is 12.8 Å². The lowest BCUT2D eigenvalue weighted by Crippen LogP contribution is -2.38. The van der Waals surface area contributed by atoms with E-state index in [4.69, 9.17) is 5.11 Å². The van der Waals surface area contributed by atoms with Gasteiger partial charge in [0, 0.05) is 42.7 Å². The third-order valence-corrected chi connectivity index (χ3v) is 4.55. The number of hydrogen-bond acceptors (Lipinski definition) is 6. The predicted molar refractivity (Wildman–Crippen MR) is 102 cm³/mol. The second-order valence-corrected chi connectivity index (χ2v) is 6.47. The maximum absolute atomic E-state index is 12.5. The van der Waals surface area contributed by atoms with Crippen molar-refractivity contribution in [2.24, 2.45) is 5.92 Å². The van der Waals surface area contributed by atoms with Crippen LogP contribution in [0.4, 0.5) is 11.5 Å². The standard InChI is InChI=1S/C19H21N5O4/c25-17(26)12-22-18(27)13-1-3-15(4-2-13)23-19(28)14-5-9-24(10-6-14)16-11-20-7-8-21-16/h1-4,7-8,11,14H,5-6,9-10,12H2,(H,22,27)(H,23,28)(H,25,26). The number of hydrogen-bond donors (Lipinski definition) is 3. The molecule has 0 unspecified atom stereocenters. The summed E-state index contributed by atoms with van der Waals surface area (Å²) >= 11 is 0. The summed E-state index contributed by atoms with van der Waals surface area (Å²) in [4.78, 5) is 45.3. The van der Waals surface area contributed by atoms with Crippen LogP contribution in [0.2, 0.25) is 0 Å². The maximum atomic E-state index is 12.5. The van der Waals surface area contributed by atoms with Crippen molar-refractivity contribution in [1.82, 2.24) is 15.3 Å². The smallest absolute Gasteiger partial charge is 0.322 e. The highest BCUT2D eigenvalue weighted by atomic mass is 16.4. The monoisotopic (exact) mass is 383 g/mol. The first kappa shape index (κ1) is 19.3. The zero-order chi connectivity index (χ0) is 19.9. The molecule has 9 nitrogen and oxygen atoms in total. The number of carboxylic acids is 1. The van der Waals surface area contributed by atoms with Gasteiger partial charge in [-0.05, 0) is 37.1 Å². The van der Waals surface area contributed by atoms with Crippen LogP contribution in [0, 0.1) is 5.92 Å². The molecule has 1 saturated heterocycles. The number of aliphatic carboxylic acids is 1. The molecule has 1 aromatic heterocycles. The highest BCUT2D eigenvalue weighted by Crippen LogP contribution is 2.22. The molecular formula is C19H21N5O4. The van der Waals surface area contributed by atoms with Crippen LogP contribution in [0.3, 0.4) is 0 Å². The summed E-state index contributed by atoms with van der Waals surface area (Å²) in [6, 6.07) is 6.34. The van der Waals surface area contributed by atoms with Crippen LogP contribution in [-0.4, -0.2) is 52.5 Å². The topological polar surface area (TPSA) is 125 Å². The second kappa shape index (κ2) is 8.94. The van der Waals surface area contributed by atoms with Gasteiger partial charge in [0.25, 0.3) is 5.91 Å². The summed E-state index contributed by atoms with van der Waals surface area (Å²) in [5, 5.41) is 13.7. The molecule has 2 aromatic rings. The Morgan fingerprint density at radius 2 is 1.82 bits per heavy atom. The zero-order valence-corrected chi connectivity index (χ0v) is 15.2. The van der Waals surface area contributed by atoms with E-state index in [0.717, 1.165) is 31.7 Å². The van der Waals surface area contributed by atoms with E-state index in [9.17, 15) is 14.4 Å². The number of anilines is 2. The van der Waals surface area contributed by atoms with E-state index in [1.807, 2.05) is 0 Å². The van der Waals surface area contributed by atoms with E-state index in [1.54, 1.807) is 42.9 Å². The quantitative estimate of drug-likeness (QED) is 0.683. The number of benzene rings is 1. The van der Waals surface area contributed by atoms with E-state index in [-0.39, 0.29) is 11.8 Å². The van der Waals surface area contributed by atoms with Gasteiger partial charge in [-0.3, -0.25) is 19.4 Å². The predicted octanol–water partition coefficient (Wildman–Crippen LogP) is 1.15. The average molecular weight is 383 g/mol. The van der Waals surface area contributed by atoms with Crippen molar-refractivity contribution in [3.63, 3.8) is 0 Å². The fourth-order valence-corrected chi connectivity index (χ4v) is 3.03. The Labute approximate surface area is 161 Å². The van der Waals surface area contributed by atoms with Crippen LogP contribution < -0.4 is 15.5 Å². The number of piperidine rings is 1. The maximum Gasteiger partial charge on any atom is 0.322 e. The fourth-order valence-electron chi connectivity index (χ4n) is 3.03. The lowest BCUT2D eigenvalue weighted by Gasteiger charge is -2.31. The van der Waals surface area contributed by atoms with Gasteiger partial charge in [0.1, 0.15) is 12.4 Å². The first-order valence-electron chi connectivity index (χ1n) is 8.95. The van der Waals surface area contributed by atoms with E-state index < -0.39 is 18.4 Å². The second-order valence-electron chi connectivity index (χ2n) is 6.47. The minimum atomic E-state index is -1.11. The molecule has 0 bridgehead atoms. The van der Waals surface area contributed by atoms with Gasteiger partial charge in [0.05, 0.1) is 6.20 Å². The number of nitrogens with one attached hydrogen (secondary N) is 2. The molecule has 0 atom stereocenters. The summed E-state index contributed by atoms with van der Waals surface area (Å²) in [7, 11) is 0. The van der Waals surface area contributed by atoms with E-state index in [2.05, 4.69) is 25.5 Å². The van der Waals surface area contributed by atoms with Crippen LogP contribution in [0.15, 0.2) is 42.9 Å². The average Bonchev–Trinajstić information content (AvgIpc) is 2.73. The summed E-state index contributed by atoms with van der Waals surface area (Å²) in [5.41, 5.74) is 0.924. The summed E-state index contributed by atoms with van der Waals surface area (Å²) in [5.74, 6) is -0.911. The van der Waals surface area contributed by atoms with E-state index in [0.29, 0.717) is 11.3 Å². The minimum Gasteiger partial charge on any atom is -0.480 e. The molecule has 146 valence electrons. The van der Waals surface area contributed by atoms with Crippen LogP contribution in [-0.2, 0) is 9.59 Å². The number of carbonyl (C=O) groups is 3. The third-order valence-electron chi connectivity index (χ3n) is 4.55. The Hall–Kier alpha value is -3.49. The summed E-state index contributed by atoms with van der Waals surface area (Å²) in [6.07, 6.45) is 6.44. The Balaban J connectivity index is 1.50. The Morgan fingerprint density at radius 1 is 1.11 bits per heavy atom. The van der Waals surface area contributed by atoms with Crippen LogP contribution in [0.1, 0.15) is 23.2 Å². The summed E-state index contributed by atoms with van der Waals surface area (Å²) < 4.78 is 0. The van der Waals surface area contributed by atoms with Gasteiger partial charge in [0.15, 0.2) is 0 Å². The van der Waals surface area contributed by atoms with Gasteiger partial charge >= 0.3 is 5.97 Å². The molecule has 3 N–H and O–H groups in total. The SMILES string of the molecule is O=C(O)CNC(=O)c1ccc(NC(=O)C2CCN(c3cnccn3)CC2)cc1. The first-order valence-corrected chi connectivity index (χ1v) is 8.95. The van der Waals surface area contributed by atoms with Gasteiger partial charge in [-0.1, -0.05) is 0 Å². The number of amides is 2. The third kappa shape index (κ3) is 5.03. The number of rotatable bonds is 6. The van der Waals surface area contributed by atoms with Gasteiger partial charge in [0.2, 0.25) is 5.91 Å². The molecule has 3 rings (SSSR count). The van der Waals surface area contributed by atoms with Crippen molar-refractivity contribution in [2.75, 3.05) is 29.9 Å². The number of carboxylic acid groups (broad SMARTS) is 1. The molecule has 0 aliphatic carbocycles. The molecule has 0 saturated carbocycles. The number of carbonyl (C=O) groups excluding carboxylic acids is 2. The highest BCUT2D eigenvalue weighted by Gasteiger charge is 2.25. The lowest BCUT2D eigenvalue weighted by molar-refractivity contribution is -0.135. The fraction of sp³-hybridized carbons (Fsp3) is 0.316. The van der Waals surface area contributed by atoms with Crippen molar-refractivity contribution in [1.29, 1.82) is 0 Å². The van der Waals surface area contributed by atoms with E-state index >= 15 is 0 Å². The molecular weight excluding hydrogens is 362 g/mol. The molecule has 28 heavy (non-hydrogen) atoms. The molecule has 2 heterocycles. The molecule has 1 aliphatic rings. The van der Waals surface area contributed by atoms with Crippen molar-refractivity contribution in [3.05, 3.63) is 48.4 Å². The molecule has 2 amide bonds. The Morgan fingerprint density at radius 3 is 2.43 bits per heavy atom. The molecule has 0 radical (unpaired) electrons.